The maximum Gasteiger partial charge on any atom is 0.280 e. The lowest BCUT2D eigenvalue weighted by molar-refractivity contribution is -0.110. The predicted molar refractivity (Wildman–Crippen MR) is 139 cm³/mol. The fraction of sp³-hybridized carbons (Fsp3) is 0.542. The third-order valence-corrected chi connectivity index (χ3v) is 9.16. The Balaban J connectivity index is 1.45. The molecule has 0 radical (unpaired) electrons. The Labute approximate surface area is 216 Å². The Morgan fingerprint density at radius 1 is 1.28 bits per heavy atom. The average Bonchev–Trinajstić information content (AvgIpc) is 3.64. The fourth-order valence-corrected chi connectivity index (χ4v) is 6.45. The smallest absolute Gasteiger partial charge is 0.280 e. The van der Waals surface area contributed by atoms with Crippen molar-refractivity contribution in [1.29, 1.82) is 0 Å². The third kappa shape index (κ3) is 7.10. The van der Waals surface area contributed by atoms with E-state index in [1.807, 2.05) is 0 Å². The number of carbonyl (C=O) groups excluding carboxylic acids is 1. The van der Waals surface area contributed by atoms with Crippen LogP contribution in [-0.2, 0) is 30.8 Å². The molecule has 36 heavy (non-hydrogen) atoms. The highest BCUT2D eigenvalue weighted by atomic mass is 32.2. The molecule has 1 aliphatic carbocycles. The topological polar surface area (TPSA) is 122 Å². The molecule has 0 bridgehead atoms. The summed E-state index contributed by atoms with van der Waals surface area (Å²) in [6.07, 6.45) is 3.78. The first-order chi connectivity index (χ1) is 17.4. The minimum Gasteiger partial charge on any atom is -0.395 e. The number of nitrogens with one attached hydrogen (secondary N) is 2. The van der Waals surface area contributed by atoms with Crippen LogP contribution in [0.5, 0.6) is 0 Å². The molecular formula is C24H33N5O5S2. The number of oxime groups is 1. The fourth-order valence-electron chi connectivity index (χ4n) is 3.95. The van der Waals surface area contributed by atoms with Crippen LogP contribution >= 0.6 is 11.3 Å². The normalized spacial score (nSPS) is 19.3. The molecule has 2 fully saturated rings. The summed E-state index contributed by atoms with van der Waals surface area (Å²) in [6, 6.07) is 6.66. The minimum atomic E-state index is -3.32. The van der Waals surface area contributed by atoms with Gasteiger partial charge in [-0.3, -0.25) is 15.0 Å². The van der Waals surface area contributed by atoms with E-state index in [-0.39, 0.29) is 22.5 Å². The summed E-state index contributed by atoms with van der Waals surface area (Å²) < 4.78 is 30.1. The van der Waals surface area contributed by atoms with Crippen molar-refractivity contribution in [2.45, 2.75) is 48.9 Å². The SMILES string of the molecule is COCCCO/N=C(/C(=O)Nc1ncc(CN2CCN[C@H](C)C2)s1)c1ccc(S(=O)(=O)C2CC2)cc1. The van der Waals surface area contributed by atoms with Crippen LogP contribution in [0.2, 0.25) is 0 Å². The summed E-state index contributed by atoms with van der Waals surface area (Å²) in [5.41, 5.74) is 0.510. The van der Waals surface area contributed by atoms with Gasteiger partial charge in [-0.05, 0) is 31.9 Å². The first-order valence-electron chi connectivity index (χ1n) is 12.1. The van der Waals surface area contributed by atoms with Crippen LogP contribution < -0.4 is 10.6 Å². The molecule has 2 aliphatic rings. The lowest BCUT2D eigenvalue weighted by Crippen LogP contribution is -2.48. The summed E-state index contributed by atoms with van der Waals surface area (Å²) in [6.45, 7) is 6.61. The van der Waals surface area contributed by atoms with Crippen LogP contribution in [0.3, 0.4) is 0 Å². The second-order valence-corrected chi connectivity index (χ2v) is 12.4. The number of aromatic nitrogens is 1. The Kier molecular flexibility index (Phi) is 9.07. The van der Waals surface area contributed by atoms with Gasteiger partial charge >= 0.3 is 0 Å². The number of hydrogen-bond acceptors (Lipinski definition) is 10. The number of thiazole rings is 1. The predicted octanol–water partition coefficient (Wildman–Crippen LogP) is 2.27. The lowest BCUT2D eigenvalue weighted by atomic mass is 10.1. The van der Waals surface area contributed by atoms with Gasteiger partial charge in [-0.1, -0.05) is 17.3 Å². The second-order valence-electron chi connectivity index (χ2n) is 9.06. The van der Waals surface area contributed by atoms with E-state index in [0.29, 0.717) is 42.6 Å². The van der Waals surface area contributed by atoms with Gasteiger partial charge in [0.1, 0.15) is 6.61 Å². The molecule has 1 aliphatic heterocycles. The molecule has 12 heteroatoms. The molecule has 196 valence electrons. The summed E-state index contributed by atoms with van der Waals surface area (Å²) >= 11 is 1.42. The highest BCUT2D eigenvalue weighted by Gasteiger charge is 2.36. The number of anilines is 1. The zero-order valence-corrected chi connectivity index (χ0v) is 22.2. The Morgan fingerprint density at radius 3 is 2.75 bits per heavy atom. The second kappa shape index (κ2) is 12.2. The van der Waals surface area contributed by atoms with Crippen LogP contribution in [0.1, 0.15) is 36.6 Å². The van der Waals surface area contributed by atoms with Crippen molar-refractivity contribution in [3.8, 4) is 0 Å². The molecule has 0 unspecified atom stereocenters. The maximum absolute atomic E-state index is 13.2. The summed E-state index contributed by atoms with van der Waals surface area (Å²) in [5.74, 6) is -0.476. The molecule has 2 heterocycles. The van der Waals surface area contributed by atoms with E-state index in [1.165, 1.54) is 23.5 Å². The monoisotopic (exact) mass is 535 g/mol. The van der Waals surface area contributed by atoms with Crippen molar-refractivity contribution < 1.29 is 22.8 Å². The largest absolute Gasteiger partial charge is 0.395 e. The molecule has 1 saturated carbocycles. The molecule has 1 atom stereocenters. The molecule has 1 aromatic heterocycles. The van der Waals surface area contributed by atoms with Gasteiger partial charge in [-0.15, -0.1) is 11.3 Å². The third-order valence-electron chi connectivity index (χ3n) is 5.98. The van der Waals surface area contributed by atoms with Crippen LogP contribution in [0.15, 0.2) is 40.5 Å². The molecular weight excluding hydrogens is 502 g/mol. The molecule has 1 saturated heterocycles. The van der Waals surface area contributed by atoms with Crippen LogP contribution in [0, 0.1) is 0 Å². The van der Waals surface area contributed by atoms with Crippen LogP contribution in [0.4, 0.5) is 5.13 Å². The molecule has 0 spiro atoms. The first-order valence-corrected chi connectivity index (χ1v) is 14.5. The van der Waals surface area contributed by atoms with E-state index >= 15 is 0 Å². The maximum atomic E-state index is 13.2. The van der Waals surface area contributed by atoms with Gasteiger partial charge in [0.25, 0.3) is 5.91 Å². The number of rotatable bonds is 12. The number of methoxy groups -OCH3 is 1. The molecule has 4 rings (SSSR count). The molecule has 10 nitrogen and oxygen atoms in total. The minimum absolute atomic E-state index is 0.0514. The van der Waals surface area contributed by atoms with Crippen molar-refractivity contribution in [2.24, 2.45) is 5.16 Å². The van der Waals surface area contributed by atoms with E-state index in [9.17, 15) is 13.2 Å². The summed E-state index contributed by atoms with van der Waals surface area (Å²) in [4.78, 5) is 26.6. The average molecular weight is 536 g/mol. The van der Waals surface area contributed by atoms with E-state index in [2.05, 4.69) is 32.6 Å². The van der Waals surface area contributed by atoms with Crippen molar-refractivity contribution in [3.63, 3.8) is 0 Å². The molecule has 1 aromatic carbocycles. The zero-order valence-electron chi connectivity index (χ0n) is 20.6. The number of hydrogen-bond donors (Lipinski definition) is 2. The van der Waals surface area contributed by atoms with Crippen molar-refractivity contribution in [1.82, 2.24) is 15.2 Å². The van der Waals surface area contributed by atoms with Gasteiger partial charge in [-0.25, -0.2) is 13.4 Å². The summed E-state index contributed by atoms with van der Waals surface area (Å²) in [5, 5.41) is 10.5. The Hall–Kier alpha value is -2.38. The van der Waals surface area contributed by atoms with E-state index < -0.39 is 15.7 Å². The van der Waals surface area contributed by atoms with Gasteiger partial charge in [-0.2, -0.15) is 0 Å². The van der Waals surface area contributed by atoms with Crippen molar-refractivity contribution in [2.75, 3.05) is 45.3 Å². The van der Waals surface area contributed by atoms with E-state index in [1.54, 1.807) is 25.4 Å². The number of sulfone groups is 1. The molecule has 2 N–H and O–H groups in total. The number of carbonyl (C=O) groups is 1. The van der Waals surface area contributed by atoms with Crippen LogP contribution in [-0.4, -0.2) is 81.2 Å². The number of ether oxygens (including phenoxy) is 1. The standard InChI is InChI=1S/C24H33N5O5S2/c1-17-15-29(11-10-25-17)16-19-14-26-24(35-19)27-23(30)22(28-34-13-3-12-33-2)18-4-6-20(7-5-18)36(31,32)21-8-9-21/h4-7,14,17,21,25H,3,8-13,15-16H2,1-2H3,(H,26,27,30)/b28-22+/t17-/m1/s1. The quantitative estimate of drug-likeness (QED) is 0.241. The van der Waals surface area contributed by atoms with Gasteiger partial charge in [0.2, 0.25) is 0 Å². The Bertz CT molecular complexity index is 1160. The first kappa shape index (κ1) is 26.7. The highest BCUT2D eigenvalue weighted by molar-refractivity contribution is 7.92. The van der Waals surface area contributed by atoms with Gasteiger partial charge in [0, 0.05) is 69.0 Å². The number of benzene rings is 1. The van der Waals surface area contributed by atoms with Crippen molar-refractivity contribution >= 4 is 37.9 Å². The van der Waals surface area contributed by atoms with Gasteiger partial charge in [0.05, 0.1) is 10.1 Å². The zero-order chi connectivity index (χ0) is 25.5. The molecule has 1 amide bonds. The van der Waals surface area contributed by atoms with Gasteiger partial charge < -0.3 is 14.9 Å². The summed E-state index contributed by atoms with van der Waals surface area (Å²) in [7, 11) is -1.72. The number of piperazine rings is 1. The van der Waals surface area contributed by atoms with E-state index in [4.69, 9.17) is 9.57 Å². The highest BCUT2D eigenvalue weighted by Crippen LogP contribution is 2.33. The van der Waals surface area contributed by atoms with Gasteiger partial charge in [0.15, 0.2) is 20.7 Å². The number of amides is 1. The lowest BCUT2D eigenvalue weighted by Gasteiger charge is -2.31. The Morgan fingerprint density at radius 2 is 2.06 bits per heavy atom. The number of nitrogens with zero attached hydrogens (tertiary/aromatic N) is 3. The van der Waals surface area contributed by atoms with Crippen molar-refractivity contribution in [3.05, 3.63) is 40.9 Å². The van der Waals surface area contributed by atoms with Crippen LogP contribution in [0.25, 0.3) is 0 Å². The molecule has 2 aromatic rings. The van der Waals surface area contributed by atoms with E-state index in [0.717, 1.165) is 31.1 Å².